The Bertz CT molecular complexity index is 656. The van der Waals surface area contributed by atoms with Crippen LogP contribution >= 0.6 is 0 Å². The first-order valence-electron chi connectivity index (χ1n) is 9.11. The van der Waals surface area contributed by atoms with Crippen LogP contribution in [0, 0.1) is 5.92 Å². The van der Waals surface area contributed by atoms with Crippen molar-refractivity contribution in [1.29, 1.82) is 0 Å². The molecule has 140 valence electrons. The van der Waals surface area contributed by atoms with Gasteiger partial charge in [-0.1, -0.05) is 30.3 Å². The lowest BCUT2D eigenvalue weighted by Crippen LogP contribution is -2.50. The lowest BCUT2D eigenvalue weighted by Gasteiger charge is -2.34. The third-order valence-corrected chi connectivity index (χ3v) is 5.19. The number of hydrogen-bond acceptors (Lipinski definition) is 4. The predicted octanol–water partition coefficient (Wildman–Crippen LogP) is 1.51. The standard InChI is InChI=1S/C19H25N3O4/c20-17(23)15-8-11-21(12-9-15)18(24)16-7-4-10-22(16)19(25)26-13-14-5-2-1-3-6-14/h1-3,5-6,15-16H,4,7-13H2,(H2,20,23). The lowest BCUT2D eigenvalue weighted by atomic mass is 9.95. The molecule has 0 bridgehead atoms. The van der Waals surface area contributed by atoms with Crippen molar-refractivity contribution in [2.75, 3.05) is 19.6 Å². The Kier molecular flexibility index (Phi) is 5.75. The zero-order valence-electron chi connectivity index (χ0n) is 14.8. The number of primary amides is 1. The van der Waals surface area contributed by atoms with Crippen molar-refractivity contribution in [2.45, 2.75) is 38.3 Å². The van der Waals surface area contributed by atoms with Crippen molar-refractivity contribution in [3.63, 3.8) is 0 Å². The number of carbonyl (C=O) groups is 3. The van der Waals surface area contributed by atoms with Crippen LogP contribution in [0.5, 0.6) is 0 Å². The molecule has 2 aliphatic heterocycles. The monoisotopic (exact) mass is 359 g/mol. The SMILES string of the molecule is NC(=O)C1CCN(C(=O)C2CCCN2C(=O)OCc2ccccc2)CC1. The van der Waals surface area contributed by atoms with E-state index in [0.717, 1.165) is 12.0 Å². The van der Waals surface area contributed by atoms with E-state index >= 15 is 0 Å². The summed E-state index contributed by atoms with van der Waals surface area (Å²) in [5.41, 5.74) is 6.26. The largest absolute Gasteiger partial charge is 0.445 e. The van der Waals surface area contributed by atoms with Crippen molar-refractivity contribution in [3.05, 3.63) is 35.9 Å². The van der Waals surface area contributed by atoms with Gasteiger partial charge in [0.25, 0.3) is 0 Å². The van der Waals surface area contributed by atoms with Crippen LogP contribution in [0.1, 0.15) is 31.2 Å². The Morgan fingerprint density at radius 2 is 1.73 bits per heavy atom. The molecule has 3 amide bonds. The molecule has 0 radical (unpaired) electrons. The Balaban J connectivity index is 1.54. The predicted molar refractivity (Wildman–Crippen MR) is 94.9 cm³/mol. The van der Waals surface area contributed by atoms with Gasteiger partial charge in [-0.25, -0.2) is 4.79 Å². The topological polar surface area (TPSA) is 92.9 Å². The first kappa shape index (κ1) is 18.2. The van der Waals surface area contributed by atoms with E-state index in [-0.39, 0.29) is 24.3 Å². The number of ether oxygens (including phenoxy) is 1. The highest BCUT2D eigenvalue weighted by Gasteiger charge is 2.38. The number of nitrogens with two attached hydrogens (primary N) is 1. The average Bonchev–Trinajstić information content (AvgIpc) is 3.16. The van der Waals surface area contributed by atoms with Crippen LogP contribution in [0.25, 0.3) is 0 Å². The fourth-order valence-electron chi connectivity index (χ4n) is 3.64. The number of amides is 3. The number of piperidine rings is 1. The highest BCUT2D eigenvalue weighted by Crippen LogP contribution is 2.24. The number of rotatable bonds is 4. The third-order valence-electron chi connectivity index (χ3n) is 5.19. The molecule has 2 aliphatic rings. The first-order chi connectivity index (χ1) is 12.6. The number of hydrogen-bond donors (Lipinski definition) is 1. The van der Waals surface area contributed by atoms with Gasteiger partial charge in [0, 0.05) is 25.6 Å². The van der Waals surface area contributed by atoms with Gasteiger partial charge in [-0.05, 0) is 31.2 Å². The molecule has 2 heterocycles. The maximum Gasteiger partial charge on any atom is 0.410 e. The zero-order valence-corrected chi connectivity index (χ0v) is 14.8. The summed E-state index contributed by atoms with van der Waals surface area (Å²) in [6.07, 6.45) is 2.17. The lowest BCUT2D eigenvalue weighted by molar-refractivity contribution is -0.138. The Hall–Kier alpha value is -2.57. The number of carbonyl (C=O) groups excluding carboxylic acids is 3. The van der Waals surface area contributed by atoms with E-state index in [1.807, 2.05) is 30.3 Å². The molecular formula is C19H25N3O4. The summed E-state index contributed by atoms with van der Waals surface area (Å²) in [7, 11) is 0. The minimum absolute atomic E-state index is 0.0536. The average molecular weight is 359 g/mol. The van der Waals surface area contributed by atoms with Crippen molar-refractivity contribution in [1.82, 2.24) is 9.80 Å². The highest BCUT2D eigenvalue weighted by molar-refractivity contribution is 5.86. The molecule has 2 N–H and O–H groups in total. The van der Waals surface area contributed by atoms with Gasteiger partial charge in [0.15, 0.2) is 0 Å². The molecule has 0 aliphatic carbocycles. The summed E-state index contributed by atoms with van der Waals surface area (Å²) in [5, 5.41) is 0. The normalized spacial score (nSPS) is 20.8. The molecule has 1 aromatic carbocycles. The summed E-state index contributed by atoms with van der Waals surface area (Å²) in [5.74, 6) is -0.513. The van der Waals surface area contributed by atoms with Gasteiger partial charge in [-0.2, -0.15) is 0 Å². The Morgan fingerprint density at radius 3 is 2.38 bits per heavy atom. The quantitative estimate of drug-likeness (QED) is 0.882. The van der Waals surface area contributed by atoms with E-state index in [1.54, 1.807) is 4.90 Å². The fourth-order valence-corrected chi connectivity index (χ4v) is 3.64. The highest BCUT2D eigenvalue weighted by atomic mass is 16.6. The molecule has 1 atom stereocenters. The first-order valence-corrected chi connectivity index (χ1v) is 9.11. The summed E-state index contributed by atoms with van der Waals surface area (Å²) in [4.78, 5) is 39.8. The number of benzene rings is 1. The van der Waals surface area contributed by atoms with Gasteiger partial charge in [0.1, 0.15) is 12.6 Å². The van der Waals surface area contributed by atoms with Gasteiger partial charge in [-0.3, -0.25) is 14.5 Å². The third kappa shape index (κ3) is 4.15. The summed E-state index contributed by atoms with van der Waals surface area (Å²) in [6.45, 7) is 1.74. The second-order valence-corrected chi connectivity index (χ2v) is 6.89. The minimum Gasteiger partial charge on any atom is -0.445 e. The van der Waals surface area contributed by atoms with E-state index in [9.17, 15) is 14.4 Å². The second-order valence-electron chi connectivity index (χ2n) is 6.89. The van der Waals surface area contributed by atoms with E-state index in [0.29, 0.717) is 38.9 Å². The Labute approximate surface area is 153 Å². The number of nitrogens with zero attached hydrogens (tertiary/aromatic N) is 2. The van der Waals surface area contributed by atoms with Crippen LogP contribution in [-0.2, 0) is 20.9 Å². The molecule has 0 spiro atoms. The molecule has 0 aromatic heterocycles. The summed E-state index contributed by atoms with van der Waals surface area (Å²) in [6, 6.07) is 9.00. The molecular weight excluding hydrogens is 334 g/mol. The van der Waals surface area contributed by atoms with Crippen LogP contribution in [-0.4, -0.2) is 53.4 Å². The second kappa shape index (κ2) is 8.21. The van der Waals surface area contributed by atoms with Gasteiger partial charge in [0.05, 0.1) is 0 Å². The minimum atomic E-state index is -0.469. The van der Waals surface area contributed by atoms with E-state index in [4.69, 9.17) is 10.5 Å². The maximum atomic E-state index is 12.8. The summed E-state index contributed by atoms with van der Waals surface area (Å²) < 4.78 is 5.38. The van der Waals surface area contributed by atoms with E-state index in [1.165, 1.54) is 4.90 Å². The van der Waals surface area contributed by atoms with Crippen LogP contribution in [0.2, 0.25) is 0 Å². The molecule has 7 nitrogen and oxygen atoms in total. The van der Waals surface area contributed by atoms with Gasteiger partial charge in [-0.15, -0.1) is 0 Å². The molecule has 0 saturated carbocycles. The van der Waals surface area contributed by atoms with Crippen LogP contribution in [0.4, 0.5) is 4.79 Å². The fraction of sp³-hybridized carbons (Fsp3) is 0.526. The van der Waals surface area contributed by atoms with E-state index in [2.05, 4.69) is 0 Å². The van der Waals surface area contributed by atoms with Crippen LogP contribution in [0.15, 0.2) is 30.3 Å². The molecule has 26 heavy (non-hydrogen) atoms. The van der Waals surface area contributed by atoms with Crippen molar-refractivity contribution >= 4 is 17.9 Å². The molecule has 1 unspecified atom stereocenters. The van der Waals surface area contributed by atoms with Crippen LogP contribution in [0.3, 0.4) is 0 Å². The molecule has 7 heteroatoms. The zero-order chi connectivity index (χ0) is 18.5. The van der Waals surface area contributed by atoms with Crippen molar-refractivity contribution in [2.24, 2.45) is 11.7 Å². The molecule has 1 aromatic rings. The van der Waals surface area contributed by atoms with Gasteiger partial charge >= 0.3 is 6.09 Å². The van der Waals surface area contributed by atoms with Crippen molar-refractivity contribution < 1.29 is 19.1 Å². The maximum absolute atomic E-state index is 12.8. The van der Waals surface area contributed by atoms with Gasteiger partial charge < -0.3 is 15.4 Å². The number of likely N-dealkylation sites (tertiary alicyclic amines) is 2. The smallest absolute Gasteiger partial charge is 0.410 e. The summed E-state index contributed by atoms with van der Waals surface area (Å²) >= 11 is 0. The van der Waals surface area contributed by atoms with E-state index < -0.39 is 12.1 Å². The Morgan fingerprint density at radius 1 is 1.04 bits per heavy atom. The molecule has 3 rings (SSSR count). The van der Waals surface area contributed by atoms with Crippen molar-refractivity contribution in [3.8, 4) is 0 Å². The van der Waals surface area contributed by atoms with Crippen LogP contribution < -0.4 is 5.73 Å². The molecule has 2 fully saturated rings. The van der Waals surface area contributed by atoms with Gasteiger partial charge in [0.2, 0.25) is 11.8 Å². The molecule has 2 saturated heterocycles.